The molecule has 0 amide bonds. The molecule has 1 fully saturated rings. The van der Waals surface area contributed by atoms with Crippen LogP contribution in [0.3, 0.4) is 0 Å². The van der Waals surface area contributed by atoms with Gasteiger partial charge in [0, 0.05) is 7.11 Å². The molecule has 0 saturated carbocycles. The highest BCUT2D eigenvalue weighted by Crippen LogP contribution is 2.50. The smallest absolute Gasteiger partial charge is 0.328 e. The van der Waals surface area contributed by atoms with Crippen molar-refractivity contribution < 1.29 is 14.3 Å². The molecule has 0 N–H and O–H groups in total. The van der Waals surface area contributed by atoms with Gasteiger partial charge in [-0.1, -0.05) is 32.1 Å². The van der Waals surface area contributed by atoms with Crippen LogP contribution < -0.4 is 0 Å². The van der Waals surface area contributed by atoms with Crippen molar-refractivity contribution in [3.63, 3.8) is 0 Å². The lowest BCUT2D eigenvalue weighted by Crippen LogP contribution is -2.37. The van der Waals surface area contributed by atoms with Crippen molar-refractivity contribution in [2.45, 2.75) is 38.0 Å². The van der Waals surface area contributed by atoms with E-state index in [0.717, 1.165) is 6.42 Å². The maximum absolute atomic E-state index is 12.2. The van der Waals surface area contributed by atoms with Gasteiger partial charge in [0.15, 0.2) is 0 Å². The van der Waals surface area contributed by atoms with Gasteiger partial charge >= 0.3 is 5.97 Å². The number of esters is 1. The summed E-state index contributed by atoms with van der Waals surface area (Å²) in [7, 11) is 5.16. The maximum atomic E-state index is 12.2. The highest BCUT2D eigenvalue weighted by molar-refractivity contribution is 5.87. The van der Waals surface area contributed by atoms with Crippen molar-refractivity contribution in [1.29, 1.82) is 0 Å². The molecule has 1 aliphatic carbocycles. The SMILES string of the molecule is COC(=O)C1(C(C)C)C(C2=CCC(OC)C=C2)N1C. The first-order valence-corrected chi connectivity index (χ1v) is 6.72. The first-order valence-electron chi connectivity index (χ1n) is 6.72. The van der Waals surface area contributed by atoms with E-state index in [2.05, 4.69) is 37.0 Å². The highest BCUT2D eigenvalue weighted by Gasteiger charge is 2.69. The number of methoxy groups -OCH3 is 2. The van der Waals surface area contributed by atoms with Crippen molar-refractivity contribution in [2.24, 2.45) is 5.92 Å². The van der Waals surface area contributed by atoms with Crippen LogP contribution in [0.25, 0.3) is 0 Å². The number of rotatable bonds is 4. The second kappa shape index (κ2) is 5.10. The zero-order valence-corrected chi connectivity index (χ0v) is 12.3. The van der Waals surface area contributed by atoms with Gasteiger partial charge in [0.25, 0.3) is 0 Å². The summed E-state index contributed by atoms with van der Waals surface area (Å²) in [6.07, 6.45) is 7.32. The number of hydrogen-bond donors (Lipinski definition) is 0. The van der Waals surface area contributed by atoms with E-state index in [4.69, 9.17) is 9.47 Å². The van der Waals surface area contributed by atoms with Gasteiger partial charge in [-0.15, -0.1) is 0 Å². The normalized spacial score (nSPS) is 37.2. The Balaban J connectivity index is 2.22. The molecule has 1 saturated heterocycles. The molecule has 0 aromatic carbocycles. The second-order valence-electron chi connectivity index (χ2n) is 5.56. The van der Waals surface area contributed by atoms with Crippen LogP contribution in [0.5, 0.6) is 0 Å². The Morgan fingerprint density at radius 1 is 1.47 bits per heavy atom. The number of carbonyl (C=O) groups is 1. The lowest BCUT2D eigenvalue weighted by atomic mass is 9.87. The molecule has 2 aliphatic rings. The molecule has 4 heteroatoms. The van der Waals surface area contributed by atoms with Crippen molar-refractivity contribution in [2.75, 3.05) is 21.3 Å². The van der Waals surface area contributed by atoms with Crippen molar-refractivity contribution >= 4 is 5.97 Å². The molecule has 0 spiro atoms. The molecule has 0 aromatic rings. The van der Waals surface area contributed by atoms with Crippen molar-refractivity contribution in [1.82, 2.24) is 4.90 Å². The monoisotopic (exact) mass is 265 g/mol. The van der Waals surface area contributed by atoms with E-state index >= 15 is 0 Å². The fraction of sp³-hybridized carbons (Fsp3) is 0.667. The molecular formula is C15H23NO3. The van der Waals surface area contributed by atoms with Gasteiger partial charge in [0.2, 0.25) is 0 Å². The summed E-state index contributed by atoms with van der Waals surface area (Å²) in [6, 6.07) is 0.119. The summed E-state index contributed by atoms with van der Waals surface area (Å²) in [5.74, 6) is 0.0718. The minimum atomic E-state index is -0.509. The molecular weight excluding hydrogens is 242 g/mol. The van der Waals surface area contributed by atoms with Crippen LogP contribution in [0.1, 0.15) is 20.3 Å². The summed E-state index contributed by atoms with van der Waals surface area (Å²) in [6.45, 7) is 4.14. The Morgan fingerprint density at radius 2 is 2.16 bits per heavy atom. The third-order valence-electron chi connectivity index (χ3n) is 4.42. The quantitative estimate of drug-likeness (QED) is 0.573. The molecule has 0 radical (unpaired) electrons. The Morgan fingerprint density at radius 3 is 2.58 bits per heavy atom. The van der Waals surface area contributed by atoms with E-state index in [1.807, 2.05) is 7.05 Å². The van der Waals surface area contributed by atoms with Gasteiger partial charge in [-0.2, -0.15) is 0 Å². The molecule has 4 nitrogen and oxygen atoms in total. The largest absolute Gasteiger partial charge is 0.468 e. The van der Waals surface area contributed by atoms with Crippen LogP contribution in [0.4, 0.5) is 0 Å². The van der Waals surface area contributed by atoms with E-state index in [9.17, 15) is 4.79 Å². The molecule has 0 bridgehead atoms. The van der Waals surface area contributed by atoms with Crippen molar-refractivity contribution in [3.8, 4) is 0 Å². The first kappa shape index (κ1) is 14.3. The standard InChI is InChI=1S/C15H23NO3/c1-10(2)15(14(17)19-5)13(16(15)3)11-6-8-12(18-4)9-7-11/h6-8,10,12-13H,9H2,1-5H3. The number of carbonyl (C=O) groups excluding carboxylic acids is 1. The fourth-order valence-corrected chi connectivity index (χ4v) is 3.29. The van der Waals surface area contributed by atoms with Gasteiger partial charge in [-0.05, 0) is 25.0 Å². The predicted octanol–water partition coefficient (Wildman–Crippen LogP) is 1.77. The average Bonchev–Trinajstić information content (AvgIpc) is 3.05. The summed E-state index contributed by atoms with van der Waals surface area (Å²) >= 11 is 0. The maximum Gasteiger partial charge on any atom is 0.328 e. The summed E-state index contributed by atoms with van der Waals surface area (Å²) < 4.78 is 10.3. The number of hydrogen-bond acceptors (Lipinski definition) is 4. The van der Waals surface area contributed by atoms with Crippen LogP contribution in [-0.4, -0.2) is 49.8 Å². The van der Waals surface area contributed by atoms with Gasteiger partial charge in [-0.25, -0.2) is 4.79 Å². The van der Waals surface area contributed by atoms with Crippen molar-refractivity contribution in [3.05, 3.63) is 23.8 Å². The summed E-state index contributed by atoms with van der Waals surface area (Å²) in [4.78, 5) is 14.3. The highest BCUT2D eigenvalue weighted by atomic mass is 16.5. The summed E-state index contributed by atoms with van der Waals surface area (Å²) in [5, 5.41) is 0. The van der Waals surface area contributed by atoms with Crippen LogP contribution in [-0.2, 0) is 14.3 Å². The van der Waals surface area contributed by atoms with E-state index < -0.39 is 5.54 Å². The topological polar surface area (TPSA) is 38.5 Å². The van der Waals surface area contributed by atoms with Crippen LogP contribution >= 0.6 is 0 Å². The molecule has 106 valence electrons. The first-order chi connectivity index (χ1) is 8.99. The fourth-order valence-electron chi connectivity index (χ4n) is 3.29. The Hall–Kier alpha value is -1.13. The zero-order chi connectivity index (χ0) is 14.2. The molecule has 0 aromatic heterocycles. The minimum Gasteiger partial charge on any atom is -0.468 e. The van der Waals surface area contributed by atoms with E-state index in [-0.39, 0.29) is 24.0 Å². The zero-order valence-electron chi connectivity index (χ0n) is 12.3. The van der Waals surface area contributed by atoms with Crippen LogP contribution in [0.2, 0.25) is 0 Å². The van der Waals surface area contributed by atoms with Gasteiger partial charge in [0.1, 0.15) is 5.54 Å². The van der Waals surface area contributed by atoms with Gasteiger partial charge < -0.3 is 9.47 Å². The molecule has 19 heavy (non-hydrogen) atoms. The Bertz CT molecular complexity index is 427. The Labute approximate surface area is 115 Å². The average molecular weight is 265 g/mol. The summed E-state index contributed by atoms with van der Waals surface area (Å²) in [5.41, 5.74) is 0.681. The van der Waals surface area contributed by atoms with E-state index in [0.29, 0.717) is 0 Å². The van der Waals surface area contributed by atoms with Crippen LogP contribution in [0.15, 0.2) is 23.8 Å². The Kier molecular flexibility index (Phi) is 3.83. The lowest BCUT2D eigenvalue weighted by molar-refractivity contribution is -0.146. The van der Waals surface area contributed by atoms with Gasteiger partial charge in [-0.3, -0.25) is 4.90 Å². The van der Waals surface area contributed by atoms with E-state index in [1.54, 1.807) is 7.11 Å². The second-order valence-corrected chi connectivity index (χ2v) is 5.56. The lowest BCUT2D eigenvalue weighted by Gasteiger charge is -2.19. The number of ether oxygens (including phenoxy) is 2. The number of nitrogens with zero attached hydrogens (tertiary/aromatic N) is 1. The predicted molar refractivity (Wildman–Crippen MR) is 73.8 cm³/mol. The third-order valence-corrected chi connectivity index (χ3v) is 4.42. The molecule has 4 atom stereocenters. The van der Waals surface area contributed by atoms with Crippen LogP contribution in [0, 0.1) is 5.92 Å². The minimum absolute atomic E-state index is 0.119. The number of likely N-dealkylation sites (N-methyl/N-ethyl adjacent to an activating group) is 1. The van der Waals surface area contributed by atoms with Gasteiger partial charge in [0.05, 0.1) is 19.3 Å². The molecule has 1 heterocycles. The van der Waals surface area contributed by atoms with E-state index in [1.165, 1.54) is 12.7 Å². The third kappa shape index (κ3) is 2.03. The molecule has 1 aliphatic heterocycles. The molecule has 2 rings (SSSR count). The molecule has 4 unspecified atom stereocenters.